The SMILES string of the molecule is Nc1ccc(Cl)c(NC(=O)COCCC(F)(F)F)c1. The van der Waals surface area contributed by atoms with Gasteiger partial charge in [0, 0.05) is 5.69 Å². The Balaban J connectivity index is 2.37. The Bertz CT molecular complexity index is 452. The summed E-state index contributed by atoms with van der Waals surface area (Å²) in [7, 11) is 0. The van der Waals surface area contributed by atoms with Gasteiger partial charge in [-0.15, -0.1) is 0 Å². The van der Waals surface area contributed by atoms with Crippen molar-refractivity contribution in [1.82, 2.24) is 0 Å². The van der Waals surface area contributed by atoms with Gasteiger partial charge >= 0.3 is 6.18 Å². The zero-order chi connectivity index (χ0) is 14.5. The van der Waals surface area contributed by atoms with Crippen molar-refractivity contribution in [2.24, 2.45) is 0 Å². The standard InChI is InChI=1S/C11H12ClF3N2O2/c12-8-2-1-7(16)5-9(8)17-10(18)6-19-4-3-11(13,14)15/h1-2,5H,3-4,6,16H2,(H,17,18). The van der Waals surface area contributed by atoms with Crippen LogP contribution in [0.5, 0.6) is 0 Å². The molecule has 8 heteroatoms. The van der Waals surface area contributed by atoms with Crippen LogP contribution in [0.15, 0.2) is 18.2 Å². The van der Waals surface area contributed by atoms with Crippen LogP contribution >= 0.6 is 11.6 Å². The highest BCUT2D eigenvalue weighted by molar-refractivity contribution is 6.33. The first-order chi connectivity index (χ1) is 8.78. The Kier molecular flexibility index (Phi) is 5.44. The molecule has 0 aliphatic heterocycles. The fourth-order valence-electron chi connectivity index (χ4n) is 1.18. The lowest BCUT2D eigenvalue weighted by Crippen LogP contribution is -2.20. The monoisotopic (exact) mass is 296 g/mol. The lowest BCUT2D eigenvalue weighted by atomic mass is 10.3. The first-order valence-corrected chi connectivity index (χ1v) is 5.65. The van der Waals surface area contributed by atoms with Crippen LogP contribution in [0.3, 0.4) is 0 Å². The number of nitrogens with one attached hydrogen (secondary N) is 1. The second-order valence-corrected chi connectivity index (χ2v) is 4.11. The predicted octanol–water partition coefficient (Wildman–Crippen LogP) is 2.83. The van der Waals surface area contributed by atoms with Crippen molar-refractivity contribution in [2.45, 2.75) is 12.6 Å². The van der Waals surface area contributed by atoms with E-state index in [2.05, 4.69) is 10.1 Å². The Labute approximate surface area is 112 Å². The third-order valence-corrected chi connectivity index (χ3v) is 2.36. The summed E-state index contributed by atoms with van der Waals surface area (Å²) >= 11 is 5.80. The first-order valence-electron chi connectivity index (χ1n) is 5.27. The maximum atomic E-state index is 11.8. The van der Waals surface area contributed by atoms with Gasteiger partial charge in [-0.1, -0.05) is 11.6 Å². The van der Waals surface area contributed by atoms with E-state index in [1.165, 1.54) is 12.1 Å². The van der Waals surface area contributed by atoms with E-state index in [9.17, 15) is 18.0 Å². The van der Waals surface area contributed by atoms with Gasteiger partial charge in [0.25, 0.3) is 0 Å². The van der Waals surface area contributed by atoms with Crippen molar-refractivity contribution in [3.8, 4) is 0 Å². The zero-order valence-corrected chi connectivity index (χ0v) is 10.5. The average Bonchev–Trinajstić information content (AvgIpc) is 2.28. The highest BCUT2D eigenvalue weighted by Gasteiger charge is 2.26. The van der Waals surface area contributed by atoms with E-state index in [0.29, 0.717) is 5.69 Å². The summed E-state index contributed by atoms with van der Waals surface area (Å²) in [6.07, 6.45) is -5.40. The number of alkyl halides is 3. The summed E-state index contributed by atoms with van der Waals surface area (Å²) in [5, 5.41) is 2.67. The molecule has 1 aromatic carbocycles. The van der Waals surface area contributed by atoms with Gasteiger partial charge in [-0.3, -0.25) is 4.79 Å². The summed E-state index contributed by atoms with van der Waals surface area (Å²) in [4.78, 5) is 11.4. The number of nitrogen functional groups attached to an aromatic ring is 1. The van der Waals surface area contributed by atoms with Crippen LogP contribution < -0.4 is 11.1 Å². The minimum Gasteiger partial charge on any atom is -0.399 e. The van der Waals surface area contributed by atoms with Gasteiger partial charge in [0.2, 0.25) is 5.91 Å². The number of halogens is 4. The van der Waals surface area contributed by atoms with Gasteiger partial charge in [0.05, 0.1) is 23.7 Å². The molecule has 0 radical (unpaired) electrons. The normalized spacial score (nSPS) is 11.4. The Morgan fingerprint density at radius 1 is 1.42 bits per heavy atom. The molecule has 1 aromatic rings. The largest absolute Gasteiger partial charge is 0.399 e. The molecule has 0 aliphatic carbocycles. The van der Waals surface area contributed by atoms with Crippen molar-refractivity contribution < 1.29 is 22.7 Å². The van der Waals surface area contributed by atoms with E-state index < -0.39 is 31.7 Å². The van der Waals surface area contributed by atoms with Crippen LogP contribution in [0, 0.1) is 0 Å². The Morgan fingerprint density at radius 2 is 2.11 bits per heavy atom. The van der Waals surface area contributed by atoms with Gasteiger partial charge in [0.1, 0.15) is 6.61 Å². The van der Waals surface area contributed by atoms with Gasteiger partial charge in [-0.2, -0.15) is 13.2 Å². The molecule has 0 heterocycles. The number of amides is 1. The molecule has 0 aliphatic rings. The van der Waals surface area contributed by atoms with Gasteiger partial charge in [-0.25, -0.2) is 0 Å². The molecule has 0 saturated carbocycles. The summed E-state index contributed by atoms with van der Waals surface area (Å²) in [6, 6.07) is 4.49. The Morgan fingerprint density at radius 3 is 2.74 bits per heavy atom. The van der Waals surface area contributed by atoms with E-state index in [1.54, 1.807) is 6.07 Å². The fourth-order valence-corrected chi connectivity index (χ4v) is 1.34. The highest BCUT2D eigenvalue weighted by atomic mass is 35.5. The van der Waals surface area contributed by atoms with Gasteiger partial charge in [0.15, 0.2) is 0 Å². The summed E-state index contributed by atoms with van der Waals surface area (Å²) in [5.41, 5.74) is 6.19. The molecular formula is C11H12ClF3N2O2. The predicted molar refractivity (Wildman–Crippen MR) is 66.0 cm³/mol. The molecule has 3 N–H and O–H groups in total. The van der Waals surface area contributed by atoms with Crippen LogP contribution in [-0.2, 0) is 9.53 Å². The molecule has 1 amide bonds. The number of ether oxygens (including phenoxy) is 1. The van der Waals surface area contributed by atoms with E-state index in [4.69, 9.17) is 17.3 Å². The maximum Gasteiger partial charge on any atom is 0.391 e. The molecule has 106 valence electrons. The van der Waals surface area contributed by atoms with E-state index >= 15 is 0 Å². The van der Waals surface area contributed by atoms with Crippen molar-refractivity contribution in [3.63, 3.8) is 0 Å². The second-order valence-electron chi connectivity index (χ2n) is 3.71. The summed E-state index contributed by atoms with van der Waals surface area (Å²) < 4.78 is 40.0. The summed E-state index contributed by atoms with van der Waals surface area (Å²) in [6.45, 7) is -1.05. The number of hydrogen-bond acceptors (Lipinski definition) is 3. The zero-order valence-electron chi connectivity index (χ0n) is 9.76. The van der Waals surface area contributed by atoms with Crippen LogP contribution in [0.4, 0.5) is 24.5 Å². The number of rotatable bonds is 5. The van der Waals surface area contributed by atoms with E-state index in [1.807, 2.05) is 0 Å². The van der Waals surface area contributed by atoms with Crippen molar-refractivity contribution in [3.05, 3.63) is 23.2 Å². The second kappa shape index (κ2) is 6.63. The van der Waals surface area contributed by atoms with E-state index in [0.717, 1.165) is 0 Å². The van der Waals surface area contributed by atoms with Crippen LogP contribution in [0.25, 0.3) is 0 Å². The van der Waals surface area contributed by atoms with Crippen molar-refractivity contribution in [1.29, 1.82) is 0 Å². The molecule has 4 nitrogen and oxygen atoms in total. The average molecular weight is 297 g/mol. The first kappa shape index (κ1) is 15.6. The van der Waals surface area contributed by atoms with Crippen molar-refractivity contribution in [2.75, 3.05) is 24.3 Å². The van der Waals surface area contributed by atoms with Crippen LogP contribution in [0.1, 0.15) is 6.42 Å². The van der Waals surface area contributed by atoms with Gasteiger partial charge in [-0.05, 0) is 18.2 Å². The van der Waals surface area contributed by atoms with Crippen molar-refractivity contribution >= 4 is 28.9 Å². The molecule has 0 atom stereocenters. The molecule has 19 heavy (non-hydrogen) atoms. The molecule has 1 rings (SSSR count). The number of hydrogen-bond donors (Lipinski definition) is 2. The minimum absolute atomic E-state index is 0.276. The quantitative estimate of drug-likeness (QED) is 0.649. The number of carbonyl (C=O) groups excluding carboxylic acids is 1. The van der Waals surface area contributed by atoms with Gasteiger partial charge < -0.3 is 15.8 Å². The fraction of sp³-hybridized carbons (Fsp3) is 0.364. The number of carbonyl (C=O) groups is 1. The number of anilines is 2. The molecule has 0 unspecified atom stereocenters. The maximum absolute atomic E-state index is 11.8. The number of nitrogens with two attached hydrogens (primary N) is 1. The molecule has 0 spiro atoms. The van der Waals surface area contributed by atoms with Crippen LogP contribution in [-0.4, -0.2) is 25.3 Å². The summed E-state index contributed by atoms with van der Waals surface area (Å²) in [5.74, 6) is -0.602. The topological polar surface area (TPSA) is 64.3 Å². The number of benzene rings is 1. The van der Waals surface area contributed by atoms with Crippen LogP contribution in [0.2, 0.25) is 5.02 Å². The molecule has 0 bridgehead atoms. The highest BCUT2D eigenvalue weighted by Crippen LogP contribution is 2.24. The molecule has 0 saturated heterocycles. The third-order valence-electron chi connectivity index (χ3n) is 2.03. The minimum atomic E-state index is -4.30. The lowest BCUT2D eigenvalue weighted by Gasteiger charge is -2.09. The molecule has 0 fully saturated rings. The lowest BCUT2D eigenvalue weighted by molar-refractivity contribution is -0.147. The third kappa shape index (κ3) is 6.30. The van der Waals surface area contributed by atoms with E-state index in [-0.39, 0.29) is 10.7 Å². The molecular weight excluding hydrogens is 285 g/mol. The smallest absolute Gasteiger partial charge is 0.391 e. The molecule has 0 aromatic heterocycles. The Hall–Kier alpha value is -1.47.